The van der Waals surface area contributed by atoms with Crippen molar-refractivity contribution in [2.75, 3.05) is 0 Å². The van der Waals surface area contributed by atoms with E-state index in [1.54, 1.807) is 29.2 Å². The first-order valence-corrected chi connectivity index (χ1v) is 6.44. The summed E-state index contributed by atoms with van der Waals surface area (Å²) in [6.45, 7) is 1.98. The van der Waals surface area contributed by atoms with Crippen LogP contribution in [0.3, 0.4) is 0 Å². The molecule has 6 nitrogen and oxygen atoms in total. The average molecular weight is 274 g/mol. The van der Waals surface area contributed by atoms with E-state index in [2.05, 4.69) is 15.1 Å². The molecule has 0 fully saturated rings. The quantitative estimate of drug-likeness (QED) is 0.791. The molecule has 0 aliphatic carbocycles. The maximum Gasteiger partial charge on any atom is 0.335 e. The molecule has 0 spiro atoms. The van der Waals surface area contributed by atoms with E-state index in [9.17, 15) is 4.79 Å². The molecule has 96 valence electrons. The first-order chi connectivity index (χ1) is 9.15. The number of fused-ring (bicyclic) bond motifs is 1. The predicted octanol–water partition coefficient (Wildman–Crippen LogP) is 2.20. The highest BCUT2D eigenvalue weighted by molar-refractivity contribution is 7.18. The molecule has 3 rings (SSSR count). The van der Waals surface area contributed by atoms with Gasteiger partial charge in [0.05, 0.1) is 15.8 Å². The van der Waals surface area contributed by atoms with E-state index in [1.807, 2.05) is 6.92 Å². The zero-order valence-corrected chi connectivity index (χ0v) is 10.8. The van der Waals surface area contributed by atoms with Crippen molar-refractivity contribution in [1.82, 2.24) is 19.7 Å². The lowest BCUT2D eigenvalue weighted by Gasteiger charge is -2.06. The molecule has 0 saturated heterocycles. The maximum absolute atomic E-state index is 10.9. The van der Waals surface area contributed by atoms with Gasteiger partial charge in [0.2, 0.25) is 0 Å². The van der Waals surface area contributed by atoms with E-state index < -0.39 is 5.97 Å². The summed E-state index contributed by atoms with van der Waals surface area (Å²) in [5.41, 5.74) is 1.08. The van der Waals surface area contributed by atoms with Crippen molar-refractivity contribution in [3.05, 3.63) is 41.4 Å². The Morgan fingerprint density at radius 1 is 1.47 bits per heavy atom. The van der Waals surface area contributed by atoms with Crippen molar-refractivity contribution in [2.45, 2.75) is 13.0 Å². The van der Waals surface area contributed by atoms with Gasteiger partial charge in [-0.25, -0.2) is 19.4 Å². The number of rotatable bonds is 3. The number of carbonyl (C=O) groups is 1. The molecular weight excluding hydrogens is 264 g/mol. The maximum atomic E-state index is 10.9. The Labute approximate surface area is 112 Å². The summed E-state index contributed by atoms with van der Waals surface area (Å²) in [4.78, 5) is 19.4. The first kappa shape index (κ1) is 11.8. The molecule has 1 aromatic carbocycles. The van der Waals surface area contributed by atoms with Crippen LogP contribution in [0.25, 0.3) is 10.2 Å². The van der Waals surface area contributed by atoms with Crippen LogP contribution in [0, 0.1) is 0 Å². The Hall–Kier alpha value is -2.28. The van der Waals surface area contributed by atoms with E-state index in [1.165, 1.54) is 17.7 Å². The summed E-state index contributed by atoms with van der Waals surface area (Å²) in [5.74, 6) is -0.929. The number of benzene rings is 1. The Bertz CT molecular complexity index is 735. The fraction of sp³-hybridized carbons (Fsp3) is 0.167. The van der Waals surface area contributed by atoms with Gasteiger partial charge in [0, 0.05) is 0 Å². The third-order valence-corrected chi connectivity index (χ3v) is 4.03. The molecule has 19 heavy (non-hydrogen) atoms. The van der Waals surface area contributed by atoms with Crippen molar-refractivity contribution in [2.24, 2.45) is 0 Å². The molecule has 2 aromatic heterocycles. The Kier molecular flexibility index (Phi) is 2.75. The highest BCUT2D eigenvalue weighted by atomic mass is 32.1. The first-order valence-electron chi connectivity index (χ1n) is 5.63. The number of aromatic nitrogens is 4. The molecule has 0 aliphatic heterocycles. The lowest BCUT2D eigenvalue weighted by molar-refractivity contribution is 0.0697. The second-order valence-corrected chi connectivity index (χ2v) is 5.15. The summed E-state index contributed by atoms with van der Waals surface area (Å²) in [5, 5.41) is 13.9. The molecule has 0 aliphatic rings. The van der Waals surface area contributed by atoms with Crippen LogP contribution < -0.4 is 0 Å². The second-order valence-electron chi connectivity index (χ2n) is 4.09. The summed E-state index contributed by atoms with van der Waals surface area (Å²) >= 11 is 1.47. The van der Waals surface area contributed by atoms with Gasteiger partial charge in [-0.2, -0.15) is 5.10 Å². The predicted molar refractivity (Wildman–Crippen MR) is 70.4 cm³/mol. The Morgan fingerprint density at radius 3 is 3.00 bits per heavy atom. The van der Waals surface area contributed by atoms with Crippen molar-refractivity contribution < 1.29 is 9.90 Å². The van der Waals surface area contributed by atoms with Crippen molar-refractivity contribution >= 4 is 27.5 Å². The van der Waals surface area contributed by atoms with Gasteiger partial charge in [0.25, 0.3) is 0 Å². The normalized spacial score (nSPS) is 12.7. The minimum Gasteiger partial charge on any atom is -0.478 e. The van der Waals surface area contributed by atoms with Crippen LogP contribution in [-0.2, 0) is 0 Å². The molecule has 1 N–H and O–H groups in total. The number of carboxylic acids is 1. The lowest BCUT2D eigenvalue weighted by Crippen LogP contribution is -2.06. The highest BCUT2D eigenvalue weighted by Gasteiger charge is 2.14. The number of aromatic carboxylic acids is 1. The Balaban J connectivity index is 2.04. The smallest absolute Gasteiger partial charge is 0.335 e. The van der Waals surface area contributed by atoms with Crippen LogP contribution in [-0.4, -0.2) is 30.8 Å². The number of hydrogen-bond acceptors (Lipinski definition) is 5. The topological polar surface area (TPSA) is 80.9 Å². The van der Waals surface area contributed by atoms with E-state index in [-0.39, 0.29) is 11.6 Å². The fourth-order valence-electron chi connectivity index (χ4n) is 1.78. The largest absolute Gasteiger partial charge is 0.478 e. The van der Waals surface area contributed by atoms with Gasteiger partial charge in [-0.1, -0.05) is 0 Å². The molecule has 2 heterocycles. The van der Waals surface area contributed by atoms with Gasteiger partial charge in [-0.05, 0) is 25.1 Å². The van der Waals surface area contributed by atoms with Gasteiger partial charge in [0.1, 0.15) is 23.7 Å². The van der Waals surface area contributed by atoms with Gasteiger partial charge < -0.3 is 5.11 Å². The zero-order chi connectivity index (χ0) is 13.4. The SMILES string of the molecule is CC(c1nc2ccc(C(=O)O)cc2s1)n1cncn1. The molecule has 0 amide bonds. The summed E-state index contributed by atoms with van der Waals surface area (Å²) < 4.78 is 2.58. The van der Waals surface area contributed by atoms with Crippen LogP contribution in [0.2, 0.25) is 0 Å². The molecule has 0 bridgehead atoms. The van der Waals surface area contributed by atoms with E-state index >= 15 is 0 Å². The summed E-state index contributed by atoms with van der Waals surface area (Å²) in [7, 11) is 0. The molecule has 0 radical (unpaired) electrons. The van der Waals surface area contributed by atoms with Gasteiger partial charge in [0.15, 0.2) is 0 Å². The van der Waals surface area contributed by atoms with Crippen molar-refractivity contribution in [3.63, 3.8) is 0 Å². The number of hydrogen-bond donors (Lipinski definition) is 1. The highest BCUT2D eigenvalue weighted by Crippen LogP contribution is 2.28. The van der Waals surface area contributed by atoms with E-state index in [0.717, 1.165) is 15.2 Å². The molecule has 1 atom stereocenters. The van der Waals surface area contributed by atoms with Crippen molar-refractivity contribution in [3.8, 4) is 0 Å². The van der Waals surface area contributed by atoms with Gasteiger partial charge >= 0.3 is 5.97 Å². The third-order valence-electron chi connectivity index (χ3n) is 2.84. The fourth-order valence-corrected chi connectivity index (χ4v) is 2.84. The molecule has 7 heteroatoms. The molecular formula is C12H10N4O2S. The molecule has 1 unspecified atom stereocenters. The van der Waals surface area contributed by atoms with Crippen LogP contribution >= 0.6 is 11.3 Å². The van der Waals surface area contributed by atoms with E-state index in [0.29, 0.717) is 0 Å². The van der Waals surface area contributed by atoms with Gasteiger partial charge in [-0.3, -0.25) is 0 Å². The number of nitrogens with zero attached hydrogens (tertiary/aromatic N) is 4. The summed E-state index contributed by atoms with van der Waals surface area (Å²) in [6.07, 6.45) is 3.12. The van der Waals surface area contributed by atoms with Crippen molar-refractivity contribution in [1.29, 1.82) is 0 Å². The number of carboxylic acid groups (broad SMARTS) is 1. The van der Waals surface area contributed by atoms with Gasteiger partial charge in [-0.15, -0.1) is 11.3 Å². The lowest BCUT2D eigenvalue weighted by atomic mass is 10.2. The molecule has 3 aromatic rings. The summed E-state index contributed by atoms with van der Waals surface area (Å²) in [6, 6.07) is 4.92. The third kappa shape index (κ3) is 2.08. The Morgan fingerprint density at radius 2 is 2.32 bits per heavy atom. The van der Waals surface area contributed by atoms with Crippen LogP contribution in [0.4, 0.5) is 0 Å². The standard InChI is InChI=1S/C12H10N4O2S/c1-7(16-6-13-5-14-16)11-15-9-3-2-8(12(17)18)4-10(9)19-11/h2-7H,1H3,(H,17,18). The minimum atomic E-state index is -0.929. The zero-order valence-electron chi connectivity index (χ0n) is 10.0. The van der Waals surface area contributed by atoms with Crippen LogP contribution in [0.1, 0.15) is 28.3 Å². The molecule has 0 saturated carbocycles. The average Bonchev–Trinajstić information content (AvgIpc) is 3.06. The minimum absolute atomic E-state index is 0.0202. The second kappa shape index (κ2) is 4.43. The number of thiazole rings is 1. The van der Waals surface area contributed by atoms with Crippen LogP contribution in [0.5, 0.6) is 0 Å². The monoisotopic (exact) mass is 274 g/mol. The van der Waals surface area contributed by atoms with E-state index in [4.69, 9.17) is 5.11 Å². The van der Waals surface area contributed by atoms with Crippen LogP contribution in [0.15, 0.2) is 30.9 Å².